The number of carbonyl (C=O) groups excluding carboxylic acids is 8. The molecule has 0 aliphatic carbocycles. The van der Waals surface area contributed by atoms with Gasteiger partial charge in [0.25, 0.3) is 5.91 Å². The maximum absolute atomic E-state index is 14.9. The maximum Gasteiger partial charge on any atom is 0.256 e. The number of rotatable bonds is 32. The molecule has 0 radical (unpaired) electrons. The van der Waals surface area contributed by atoms with Gasteiger partial charge in [0, 0.05) is 61.2 Å². The summed E-state index contributed by atoms with van der Waals surface area (Å²) in [6.45, 7) is 26.6. The number of thioether (sulfide) groups is 1. The van der Waals surface area contributed by atoms with Crippen LogP contribution in [-0.4, -0.2) is 212 Å². The Kier molecular flexibility index (Phi) is 29.6. The molecule has 72 heavy (non-hydrogen) atoms. The van der Waals surface area contributed by atoms with Crippen molar-refractivity contribution in [1.82, 2.24) is 39.6 Å². The molecule has 8 amide bonds. The zero-order valence-corrected chi connectivity index (χ0v) is 48.5. The average Bonchev–Trinajstić information content (AvgIpc) is 3.31. The minimum Gasteiger partial charge on any atom is -0.390 e. The number of amides is 8. The highest BCUT2D eigenvalue weighted by Gasteiger charge is 2.45. The minimum atomic E-state index is -1.57. The van der Waals surface area contributed by atoms with Gasteiger partial charge in [-0.05, 0) is 104 Å². The van der Waals surface area contributed by atoms with Crippen LogP contribution in [0.4, 0.5) is 0 Å². The first-order valence-electron chi connectivity index (χ1n) is 25.8. The minimum absolute atomic E-state index is 0.0454. The molecule has 0 saturated carbocycles. The number of allylic oxidation sites excluding steroid dienone is 2. The normalized spacial score (nSPS) is 15.8. The predicted octanol–water partition coefficient (Wildman–Crippen LogP) is 3.40. The van der Waals surface area contributed by atoms with E-state index in [1.807, 2.05) is 26.8 Å². The van der Waals surface area contributed by atoms with Gasteiger partial charge in [0.15, 0.2) is 5.37 Å². The van der Waals surface area contributed by atoms with Gasteiger partial charge < -0.3 is 55.6 Å². The third-order valence-corrected chi connectivity index (χ3v) is 14.9. The second kappa shape index (κ2) is 31.5. The molecule has 0 rings (SSSR count). The second-order valence-electron chi connectivity index (χ2n) is 21.0. The van der Waals surface area contributed by atoms with E-state index in [0.29, 0.717) is 18.6 Å². The van der Waals surface area contributed by atoms with E-state index >= 15 is 0 Å². The summed E-state index contributed by atoms with van der Waals surface area (Å²) >= 11 is 1.20. The van der Waals surface area contributed by atoms with Crippen LogP contribution in [0.25, 0.3) is 0 Å². The van der Waals surface area contributed by atoms with Gasteiger partial charge in [0.1, 0.15) is 36.3 Å². The number of nitrogens with two attached hydrogens (primary N) is 1. The van der Waals surface area contributed by atoms with E-state index in [2.05, 4.69) is 31.0 Å². The van der Waals surface area contributed by atoms with Crippen LogP contribution in [0.5, 0.6) is 0 Å². The number of nitrogens with zero attached hydrogens (tertiary/aromatic N) is 7. The monoisotopic (exact) mass is 1040 g/mol. The highest BCUT2D eigenvalue weighted by molar-refractivity contribution is 8.00. The molecule has 0 spiro atoms. The molecule has 0 aromatic rings. The highest BCUT2D eigenvalue weighted by atomic mass is 32.2. The number of nitrogens with one attached hydrogen (secondary N) is 1. The lowest BCUT2D eigenvalue weighted by Crippen LogP contribution is -2.63. The number of likely N-dealkylation sites (N-methyl/N-ethyl adjacent to an activating group) is 6. The Labute approximate surface area is 437 Å². The van der Waals surface area contributed by atoms with Crippen LogP contribution < -0.4 is 11.1 Å². The third-order valence-electron chi connectivity index (χ3n) is 13.5. The molecule has 0 aromatic carbocycles. The van der Waals surface area contributed by atoms with Gasteiger partial charge >= 0.3 is 0 Å². The van der Waals surface area contributed by atoms with Crippen molar-refractivity contribution in [1.29, 1.82) is 0 Å². The number of aliphatic hydroxyl groups excluding tert-OH is 1. The molecule has 5 N–H and O–H groups in total. The van der Waals surface area contributed by atoms with Crippen LogP contribution in [0.1, 0.15) is 135 Å². The van der Waals surface area contributed by atoms with Gasteiger partial charge in [0.05, 0.1) is 11.7 Å². The van der Waals surface area contributed by atoms with E-state index in [1.54, 1.807) is 47.6 Å². The molecule has 0 aliphatic rings. The maximum atomic E-state index is 14.9. The van der Waals surface area contributed by atoms with Gasteiger partial charge in [-0.15, -0.1) is 11.8 Å². The van der Waals surface area contributed by atoms with Crippen LogP contribution in [0.3, 0.4) is 0 Å². The molecule has 0 fully saturated rings. The lowest BCUT2D eigenvalue weighted by Gasteiger charge is -2.41. The summed E-state index contributed by atoms with van der Waals surface area (Å²) in [4.78, 5) is 122. The molecule has 9 atom stereocenters. The number of aliphatic hydroxyl groups is 2. The quantitative estimate of drug-likeness (QED) is 0.0431. The van der Waals surface area contributed by atoms with Gasteiger partial charge in [-0.25, -0.2) is 0 Å². The third kappa shape index (κ3) is 19.9. The van der Waals surface area contributed by atoms with Gasteiger partial charge in [-0.3, -0.25) is 38.4 Å². The molecule has 0 aliphatic heterocycles. The summed E-state index contributed by atoms with van der Waals surface area (Å²) in [6.07, 6.45) is 3.48. The second-order valence-corrected chi connectivity index (χ2v) is 22.2. The largest absolute Gasteiger partial charge is 0.390 e. The Morgan fingerprint density at radius 2 is 1.25 bits per heavy atom. The topological polar surface area (TPSA) is 238 Å². The lowest BCUT2D eigenvalue weighted by atomic mass is 9.91. The van der Waals surface area contributed by atoms with Crippen LogP contribution in [0.15, 0.2) is 12.2 Å². The number of hydrogen-bond donors (Lipinski definition) is 4. The van der Waals surface area contributed by atoms with E-state index < -0.39 is 107 Å². The fourth-order valence-corrected chi connectivity index (χ4v) is 9.86. The highest BCUT2D eigenvalue weighted by Crippen LogP contribution is 2.26. The Morgan fingerprint density at radius 1 is 0.708 bits per heavy atom. The van der Waals surface area contributed by atoms with E-state index in [-0.39, 0.29) is 43.6 Å². The van der Waals surface area contributed by atoms with Crippen molar-refractivity contribution >= 4 is 59.0 Å². The fraction of sp³-hybridized carbons (Fsp3) is 0.808. The standard InChI is InChI=1S/C52H97N9O10S/c1-21-25-27-35(11)43(63)42(59(19)49(69)41(33(7)8)58(18)48(68)38(30-32(5)6)56(16)46(66)36(12)55(15)40(62)23-3)45(65)54-37(22-2)47(67)60(20)51(72-29-26-28-61(24-4)34(9)10)50(70)57(17)39(44(53)64)31-52(13,14)71/h21,25,32-39,41-43,51,63,71H,22-24,26-31H2,1-20H3,(H2,53,64)(H,54,65)/b25-21+/t35-,36-,37+,38+,39+,41+,42+,43-,51-/m1/s1. The summed E-state index contributed by atoms with van der Waals surface area (Å²) in [7, 11) is 8.71. The predicted molar refractivity (Wildman–Crippen MR) is 286 cm³/mol. The lowest BCUT2D eigenvalue weighted by molar-refractivity contribution is -0.157. The Hall–Kier alpha value is -4.27. The SMILES string of the molecule is C/C=C/C[C@@H](C)[C@@H](O)[C@@H](C(=O)N[C@@H](CC)C(=O)N(C)[C@H](SCCCN(CC)C(C)C)C(=O)N(C)[C@@H](CC(C)(C)O)C(N)=O)N(C)C(=O)[C@H](C(C)C)N(C)C(=O)[C@H](CC(C)C)N(C)C(=O)[C@@H](C)N(C)C(=O)CC. The first kappa shape index (κ1) is 67.7. The Bertz CT molecular complexity index is 1810. The number of hydrogen-bond acceptors (Lipinski definition) is 12. The molecule has 0 aromatic heterocycles. The molecule has 0 heterocycles. The molecule has 0 saturated heterocycles. The first-order chi connectivity index (χ1) is 33.2. The van der Waals surface area contributed by atoms with Crippen LogP contribution in [0.2, 0.25) is 0 Å². The molecular weight excluding hydrogens is 943 g/mol. The number of primary amides is 1. The van der Waals surface area contributed by atoms with E-state index in [0.717, 1.165) is 22.9 Å². The van der Waals surface area contributed by atoms with Crippen molar-refractivity contribution in [2.75, 3.05) is 61.1 Å². The molecule has 416 valence electrons. The summed E-state index contributed by atoms with van der Waals surface area (Å²) < 4.78 is 0. The van der Waals surface area contributed by atoms with Gasteiger partial charge in [0.2, 0.25) is 41.4 Å². The van der Waals surface area contributed by atoms with Crippen molar-refractivity contribution in [3.05, 3.63) is 12.2 Å². The smallest absolute Gasteiger partial charge is 0.256 e. The molecule has 0 bridgehead atoms. The van der Waals surface area contributed by atoms with Crippen molar-refractivity contribution in [3.63, 3.8) is 0 Å². The average molecular weight is 1040 g/mol. The van der Waals surface area contributed by atoms with E-state index in [1.165, 1.54) is 87.5 Å². The van der Waals surface area contributed by atoms with Crippen LogP contribution >= 0.6 is 11.8 Å². The molecular formula is C52H97N9O10S. The van der Waals surface area contributed by atoms with Gasteiger partial charge in [-0.2, -0.15) is 0 Å². The van der Waals surface area contributed by atoms with Crippen molar-refractivity contribution in [3.8, 4) is 0 Å². The number of carbonyl (C=O) groups is 8. The summed E-state index contributed by atoms with van der Waals surface area (Å²) in [6, 6.07) is -6.82. The van der Waals surface area contributed by atoms with Crippen molar-refractivity contribution in [2.24, 2.45) is 23.5 Å². The molecule has 20 heteroatoms. The van der Waals surface area contributed by atoms with Crippen molar-refractivity contribution < 1.29 is 48.6 Å². The summed E-state index contributed by atoms with van der Waals surface area (Å²) in [5.41, 5.74) is 4.39. The Morgan fingerprint density at radius 3 is 1.69 bits per heavy atom. The van der Waals surface area contributed by atoms with E-state index in [4.69, 9.17) is 5.73 Å². The fourth-order valence-electron chi connectivity index (χ4n) is 8.71. The summed E-state index contributed by atoms with van der Waals surface area (Å²) in [5, 5.41) is 24.3. The van der Waals surface area contributed by atoms with Crippen LogP contribution in [0, 0.1) is 17.8 Å². The van der Waals surface area contributed by atoms with Crippen molar-refractivity contribution in [2.45, 2.75) is 195 Å². The summed E-state index contributed by atoms with van der Waals surface area (Å²) in [5.74, 6) is -5.56. The van der Waals surface area contributed by atoms with E-state index in [9.17, 15) is 48.6 Å². The first-order valence-corrected chi connectivity index (χ1v) is 26.8. The zero-order valence-electron chi connectivity index (χ0n) is 47.7. The zero-order chi connectivity index (χ0) is 56.3. The Balaban J connectivity index is 7.32. The van der Waals surface area contributed by atoms with Gasteiger partial charge in [-0.1, -0.05) is 67.5 Å². The molecule has 0 unspecified atom stereocenters. The molecule has 19 nitrogen and oxygen atoms in total. The van der Waals surface area contributed by atoms with Crippen LogP contribution in [-0.2, 0) is 38.4 Å².